The minimum absolute atomic E-state index is 0.0487. The zero-order valence-corrected chi connectivity index (χ0v) is 15.6. The molecule has 114 valence electrons. The molecule has 1 aromatic heterocycles. The molecule has 3 nitrogen and oxygen atoms in total. The van der Waals surface area contributed by atoms with Gasteiger partial charge in [0.15, 0.2) is 0 Å². The van der Waals surface area contributed by atoms with E-state index in [1.807, 2.05) is 19.1 Å². The Hall–Kier alpha value is -0.850. The lowest BCUT2D eigenvalue weighted by Crippen LogP contribution is -2.13. The molecule has 0 aliphatic heterocycles. The van der Waals surface area contributed by atoms with Crippen molar-refractivity contribution >= 4 is 43.0 Å². The molecule has 0 spiro atoms. The van der Waals surface area contributed by atoms with Crippen molar-refractivity contribution in [1.82, 2.24) is 0 Å². The average Bonchev–Trinajstić information content (AvgIpc) is 2.69. The van der Waals surface area contributed by atoms with Crippen LogP contribution in [-0.4, -0.2) is 8.42 Å². The van der Waals surface area contributed by atoms with Gasteiger partial charge in [-0.1, -0.05) is 32.9 Å². The number of halogens is 1. The first-order valence-corrected chi connectivity index (χ1v) is 9.58. The lowest BCUT2D eigenvalue weighted by atomic mass is 9.87. The molecule has 0 saturated heterocycles. The predicted molar refractivity (Wildman–Crippen MR) is 92.7 cm³/mol. The molecule has 0 amide bonds. The number of thiophene rings is 1. The van der Waals surface area contributed by atoms with Crippen LogP contribution in [0, 0.1) is 6.92 Å². The zero-order valence-electron chi connectivity index (χ0n) is 12.4. The SMILES string of the molecule is Cc1cc(S(=O)(=O)Nc2ccc(C(C)(C)C)cc2)sc1Br. The molecule has 2 aromatic rings. The van der Waals surface area contributed by atoms with Crippen molar-refractivity contribution in [2.75, 3.05) is 4.72 Å². The second-order valence-corrected chi connectivity index (χ2v) is 10.2. The van der Waals surface area contributed by atoms with Crippen LogP contribution < -0.4 is 4.72 Å². The van der Waals surface area contributed by atoms with E-state index in [2.05, 4.69) is 41.4 Å². The van der Waals surface area contributed by atoms with E-state index in [0.29, 0.717) is 9.90 Å². The highest BCUT2D eigenvalue weighted by Gasteiger charge is 2.19. The quantitative estimate of drug-likeness (QED) is 0.812. The lowest BCUT2D eigenvalue weighted by molar-refractivity contribution is 0.590. The highest BCUT2D eigenvalue weighted by Crippen LogP contribution is 2.32. The molecule has 0 unspecified atom stereocenters. The monoisotopic (exact) mass is 387 g/mol. The van der Waals surface area contributed by atoms with Crippen molar-refractivity contribution in [3.63, 3.8) is 0 Å². The molecule has 6 heteroatoms. The maximum Gasteiger partial charge on any atom is 0.271 e. The fourth-order valence-corrected chi connectivity index (χ4v) is 5.09. The van der Waals surface area contributed by atoms with Crippen molar-refractivity contribution in [3.05, 3.63) is 45.2 Å². The summed E-state index contributed by atoms with van der Waals surface area (Å²) in [5.74, 6) is 0. The van der Waals surface area contributed by atoms with Crippen molar-refractivity contribution in [2.45, 2.75) is 37.3 Å². The van der Waals surface area contributed by atoms with Crippen LogP contribution in [0.25, 0.3) is 0 Å². The highest BCUT2D eigenvalue weighted by molar-refractivity contribution is 9.11. The van der Waals surface area contributed by atoms with Crippen molar-refractivity contribution in [1.29, 1.82) is 0 Å². The number of nitrogens with one attached hydrogen (secondary N) is 1. The first-order valence-electron chi connectivity index (χ1n) is 6.49. The number of benzene rings is 1. The molecule has 0 bridgehead atoms. The third kappa shape index (κ3) is 3.87. The number of rotatable bonds is 3. The summed E-state index contributed by atoms with van der Waals surface area (Å²) in [4.78, 5) is 0. The second-order valence-electron chi connectivity index (χ2n) is 5.96. The lowest BCUT2D eigenvalue weighted by Gasteiger charge is -2.19. The van der Waals surface area contributed by atoms with Gasteiger partial charge in [-0.25, -0.2) is 8.42 Å². The van der Waals surface area contributed by atoms with Crippen molar-refractivity contribution < 1.29 is 8.42 Å². The van der Waals surface area contributed by atoms with Gasteiger partial charge in [0.25, 0.3) is 10.0 Å². The first kappa shape index (κ1) is 16.5. The van der Waals surface area contributed by atoms with Crippen LogP contribution in [0.15, 0.2) is 38.3 Å². The van der Waals surface area contributed by atoms with Crippen LogP contribution in [0.5, 0.6) is 0 Å². The standard InChI is InChI=1S/C15H18BrNO2S2/c1-10-9-13(20-14(10)16)21(18,19)17-12-7-5-11(6-8-12)15(2,3)4/h5-9,17H,1-4H3. The van der Waals surface area contributed by atoms with Gasteiger partial charge in [-0.3, -0.25) is 4.72 Å². The maximum atomic E-state index is 12.3. The molecule has 1 heterocycles. The van der Waals surface area contributed by atoms with Crippen LogP contribution in [0.2, 0.25) is 0 Å². The normalized spacial score (nSPS) is 12.4. The molecule has 0 aliphatic carbocycles. The summed E-state index contributed by atoms with van der Waals surface area (Å²) in [7, 11) is -3.52. The van der Waals surface area contributed by atoms with Gasteiger partial charge in [0.2, 0.25) is 0 Å². The molecule has 1 N–H and O–H groups in total. The Morgan fingerprint density at radius 3 is 2.14 bits per heavy atom. The smallest absolute Gasteiger partial charge is 0.271 e. The first-order chi connectivity index (χ1) is 9.59. The Balaban J connectivity index is 2.25. The Labute approximate surface area is 138 Å². The van der Waals surface area contributed by atoms with E-state index in [1.54, 1.807) is 18.2 Å². The molecule has 0 aliphatic rings. The minimum Gasteiger partial charge on any atom is -0.279 e. The van der Waals surface area contributed by atoms with Gasteiger partial charge in [-0.2, -0.15) is 0 Å². The van der Waals surface area contributed by atoms with Gasteiger partial charge >= 0.3 is 0 Å². The summed E-state index contributed by atoms with van der Waals surface area (Å²) < 4.78 is 28.4. The number of aryl methyl sites for hydroxylation is 1. The van der Waals surface area contributed by atoms with Crippen LogP contribution >= 0.6 is 27.3 Å². The summed E-state index contributed by atoms with van der Waals surface area (Å²) in [5.41, 5.74) is 2.71. The molecule has 0 saturated carbocycles. The van der Waals surface area contributed by atoms with Crippen LogP contribution in [0.3, 0.4) is 0 Å². The Morgan fingerprint density at radius 2 is 1.71 bits per heavy atom. The summed E-state index contributed by atoms with van der Waals surface area (Å²) in [6.07, 6.45) is 0. The van der Waals surface area contributed by atoms with Crippen LogP contribution in [0.4, 0.5) is 5.69 Å². The molecule has 2 rings (SSSR count). The van der Waals surface area contributed by atoms with E-state index in [1.165, 1.54) is 16.9 Å². The third-order valence-corrected chi connectivity index (χ3v) is 7.09. The van der Waals surface area contributed by atoms with Gasteiger partial charge in [0.05, 0.1) is 3.79 Å². The number of hydrogen-bond donors (Lipinski definition) is 1. The minimum atomic E-state index is -3.52. The molecule has 0 radical (unpaired) electrons. The third-order valence-electron chi connectivity index (χ3n) is 3.10. The number of sulfonamides is 1. The molecule has 0 atom stereocenters. The van der Waals surface area contributed by atoms with Gasteiger partial charge in [0, 0.05) is 5.69 Å². The average molecular weight is 388 g/mol. The molecule has 0 fully saturated rings. The Morgan fingerprint density at radius 1 is 1.14 bits per heavy atom. The maximum absolute atomic E-state index is 12.3. The molecular weight excluding hydrogens is 370 g/mol. The molecule has 21 heavy (non-hydrogen) atoms. The fourth-order valence-electron chi connectivity index (χ4n) is 1.81. The summed E-state index contributed by atoms with van der Waals surface area (Å²) in [5, 5.41) is 0. The van der Waals surface area contributed by atoms with Gasteiger partial charge in [-0.05, 0) is 57.6 Å². The fraction of sp³-hybridized carbons (Fsp3) is 0.333. The summed E-state index contributed by atoms with van der Waals surface area (Å²) in [6.45, 7) is 8.24. The zero-order chi connectivity index (χ0) is 15.8. The van der Waals surface area contributed by atoms with E-state index in [-0.39, 0.29) is 5.41 Å². The van der Waals surface area contributed by atoms with E-state index < -0.39 is 10.0 Å². The largest absolute Gasteiger partial charge is 0.279 e. The van der Waals surface area contributed by atoms with E-state index in [9.17, 15) is 8.42 Å². The highest BCUT2D eigenvalue weighted by atomic mass is 79.9. The Bertz CT molecular complexity index is 721. The van der Waals surface area contributed by atoms with Crippen molar-refractivity contribution in [3.8, 4) is 0 Å². The Kier molecular flexibility index (Phi) is 4.52. The topological polar surface area (TPSA) is 46.2 Å². The van der Waals surface area contributed by atoms with E-state index in [4.69, 9.17) is 0 Å². The summed E-state index contributed by atoms with van der Waals surface area (Å²) in [6, 6.07) is 9.17. The van der Waals surface area contributed by atoms with E-state index in [0.717, 1.165) is 9.35 Å². The predicted octanol–water partition coefficient (Wildman–Crippen LogP) is 4.92. The van der Waals surface area contributed by atoms with Gasteiger partial charge < -0.3 is 0 Å². The van der Waals surface area contributed by atoms with Gasteiger partial charge in [-0.15, -0.1) is 11.3 Å². The second kappa shape index (κ2) is 5.74. The van der Waals surface area contributed by atoms with Crippen LogP contribution in [-0.2, 0) is 15.4 Å². The number of anilines is 1. The number of hydrogen-bond acceptors (Lipinski definition) is 3. The van der Waals surface area contributed by atoms with Gasteiger partial charge in [0.1, 0.15) is 4.21 Å². The van der Waals surface area contributed by atoms with Crippen LogP contribution in [0.1, 0.15) is 31.9 Å². The van der Waals surface area contributed by atoms with Crippen molar-refractivity contribution in [2.24, 2.45) is 0 Å². The molecular formula is C15H18BrNO2S2. The molecule has 1 aromatic carbocycles. The summed E-state index contributed by atoms with van der Waals surface area (Å²) >= 11 is 4.57. The van der Waals surface area contributed by atoms with E-state index >= 15 is 0 Å².